The Labute approximate surface area is 308 Å². The second kappa shape index (κ2) is 17.6. The first-order valence-corrected chi connectivity index (χ1v) is 19.8. The molecule has 0 bridgehead atoms. The highest BCUT2D eigenvalue weighted by atomic mass is 28.4. The van der Waals surface area contributed by atoms with Crippen LogP contribution in [0.15, 0.2) is 127 Å². The Morgan fingerprint density at radius 2 is 1.42 bits per heavy atom. The molecule has 9 heteroatoms. The third-order valence-corrected chi connectivity index (χ3v) is 14.2. The lowest BCUT2D eigenvalue weighted by molar-refractivity contribution is -0.155. The van der Waals surface area contributed by atoms with Gasteiger partial charge >= 0.3 is 5.97 Å². The van der Waals surface area contributed by atoms with Gasteiger partial charge < -0.3 is 28.1 Å². The molecule has 1 unspecified atom stereocenters. The summed E-state index contributed by atoms with van der Waals surface area (Å²) in [6.07, 6.45) is -0.773. The quantitative estimate of drug-likeness (QED) is 0.0656. The lowest BCUT2D eigenvalue weighted by Crippen LogP contribution is -2.66. The third kappa shape index (κ3) is 9.64. The summed E-state index contributed by atoms with van der Waals surface area (Å²) in [6, 6.07) is 36.8. The molecule has 0 aromatic heterocycles. The van der Waals surface area contributed by atoms with Crippen LogP contribution in [0.4, 0.5) is 4.39 Å². The summed E-state index contributed by atoms with van der Waals surface area (Å²) < 4.78 is 53.2. The van der Waals surface area contributed by atoms with E-state index in [1.54, 1.807) is 51.3 Å². The first-order valence-electron chi connectivity index (χ1n) is 17.9. The van der Waals surface area contributed by atoms with E-state index >= 15 is 4.39 Å². The number of hydrogen-bond acceptors (Lipinski definition) is 7. The fraction of sp³-hybridized carbons (Fsp3) is 0.372. The third-order valence-electron chi connectivity index (χ3n) is 9.20. The predicted molar refractivity (Wildman–Crippen MR) is 204 cm³/mol. The molecule has 0 N–H and O–H groups in total. The number of ether oxygens (including phenoxy) is 5. The molecule has 0 saturated carbocycles. The van der Waals surface area contributed by atoms with Gasteiger partial charge in [-0.2, -0.15) is 0 Å². The number of benzene rings is 4. The number of halogens is 1. The van der Waals surface area contributed by atoms with Crippen molar-refractivity contribution in [2.24, 2.45) is 0 Å². The number of esters is 1. The van der Waals surface area contributed by atoms with E-state index in [0.717, 1.165) is 21.7 Å². The molecular weight excluding hydrogens is 676 g/mol. The maximum atomic E-state index is 16.6. The number of carbonyl (C=O) groups is 1. The maximum absolute atomic E-state index is 16.6. The zero-order valence-electron chi connectivity index (χ0n) is 31.1. The second-order valence-corrected chi connectivity index (χ2v) is 18.7. The molecule has 0 radical (unpaired) electrons. The Kier molecular flexibility index (Phi) is 13.2. The van der Waals surface area contributed by atoms with Crippen LogP contribution in [0.25, 0.3) is 0 Å². The lowest BCUT2D eigenvalue weighted by atomic mass is 10.0. The van der Waals surface area contributed by atoms with Crippen LogP contribution in [0.2, 0.25) is 5.04 Å². The van der Waals surface area contributed by atoms with E-state index in [-0.39, 0.29) is 18.1 Å². The minimum absolute atomic E-state index is 0.227. The Hall–Kier alpha value is -4.12. The largest absolute Gasteiger partial charge is 0.497 e. The molecule has 276 valence electrons. The second-order valence-electron chi connectivity index (χ2n) is 14.4. The Bertz CT molecular complexity index is 1690. The minimum Gasteiger partial charge on any atom is -0.497 e. The molecule has 1 aliphatic rings. The van der Waals surface area contributed by atoms with Gasteiger partial charge in [0.25, 0.3) is 8.32 Å². The molecule has 7 nitrogen and oxygen atoms in total. The van der Waals surface area contributed by atoms with E-state index < -0.39 is 44.2 Å². The Morgan fingerprint density at radius 3 is 1.98 bits per heavy atom. The molecule has 0 aliphatic carbocycles. The molecule has 1 saturated heterocycles. The van der Waals surface area contributed by atoms with Crippen LogP contribution >= 0.6 is 0 Å². The zero-order chi connectivity index (χ0) is 37.2. The molecular formula is C43H51FO7Si. The zero-order valence-corrected chi connectivity index (χ0v) is 32.1. The first kappa shape index (κ1) is 39.1. The number of rotatable bonds is 16. The van der Waals surface area contributed by atoms with Gasteiger partial charge in [0.2, 0.25) is 0 Å². The maximum Gasteiger partial charge on any atom is 0.338 e. The van der Waals surface area contributed by atoms with Gasteiger partial charge in [0.15, 0.2) is 11.9 Å². The van der Waals surface area contributed by atoms with Gasteiger partial charge in [0, 0.05) is 13.2 Å². The van der Waals surface area contributed by atoms with Gasteiger partial charge in [0.1, 0.15) is 17.7 Å². The van der Waals surface area contributed by atoms with Crippen molar-refractivity contribution in [2.45, 2.75) is 83.2 Å². The lowest BCUT2D eigenvalue weighted by Gasteiger charge is -2.43. The average molecular weight is 727 g/mol. The fourth-order valence-corrected chi connectivity index (χ4v) is 11.4. The van der Waals surface area contributed by atoms with Crippen molar-refractivity contribution in [3.8, 4) is 5.75 Å². The van der Waals surface area contributed by atoms with E-state index in [1.165, 1.54) is 6.08 Å². The van der Waals surface area contributed by atoms with Crippen LogP contribution in [0.1, 0.15) is 63.4 Å². The van der Waals surface area contributed by atoms with Gasteiger partial charge in [0.05, 0.1) is 25.4 Å². The minimum atomic E-state index is -2.82. The molecule has 1 heterocycles. The normalized spacial score (nSPS) is 18.2. The van der Waals surface area contributed by atoms with E-state index in [9.17, 15) is 4.79 Å². The highest BCUT2D eigenvalue weighted by molar-refractivity contribution is 6.99. The van der Waals surface area contributed by atoms with Crippen LogP contribution in [-0.2, 0) is 30.0 Å². The van der Waals surface area contributed by atoms with Crippen molar-refractivity contribution in [1.82, 2.24) is 0 Å². The van der Waals surface area contributed by atoms with Crippen molar-refractivity contribution in [1.29, 1.82) is 0 Å². The molecule has 0 amide bonds. The monoisotopic (exact) mass is 726 g/mol. The van der Waals surface area contributed by atoms with Crippen LogP contribution in [0, 0.1) is 0 Å². The smallest absolute Gasteiger partial charge is 0.338 e. The van der Waals surface area contributed by atoms with Crippen LogP contribution in [0.5, 0.6) is 5.75 Å². The predicted octanol–water partition coefficient (Wildman–Crippen LogP) is 8.17. The summed E-state index contributed by atoms with van der Waals surface area (Å²) in [5.41, 5.74) is 1.30. The molecule has 3 atom stereocenters. The van der Waals surface area contributed by atoms with Gasteiger partial charge in [-0.25, -0.2) is 9.18 Å². The highest BCUT2D eigenvalue weighted by Gasteiger charge is 2.50. The number of hydrogen-bond donors (Lipinski definition) is 0. The summed E-state index contributed by atoms with van der Waals surface area (Å²) >= 11 is 0. The standard InChI is InChI=1S/C43H51FO7Si/c1-42(2,3)52(35-19-12-8-13-20-35,36-21-14-9-15-22-36)48-29-16-23-37(44)39(49-41(45)33-17-10-7-11-18-33)40-38(50-43(4,5)51-40)28-30-47-31-32-24-26-34(46-6)27-25-32/h7-15,17-27,38-40H,16,28-31H2,1-6H3/b37-23+/t38-,39?,40-/m0/s1. The molecule has 4 aromatic rings. The Balaban J connectivity index is 1.35. The van der Waals surface area contributed by atoms with Crippen LogP contribution < -0.4 is 15.1 Å². The fourth-order valence-electron chi connectivity index (χ4n) is 6.78. The summed E-state index contributed by atoms with van der Waals surface area (Å²) in [6.45, 7) is 11.1. The van der Waals surface area contributed by atoms with Crippen molar-refractivity contribution < 1.29 is 37.3 Å². The molecule has 4 aromatic carbocycles. The van der Waals surface area contributed by atoms with Gasteiger partial charge in [-0.1, -0.05) is 112 Å². The van der Waals surface area contributed by atoms with E-state index in [4.69, 9.17) is 28.1 Å². The number of methoxy groups -OCH3 is 1. The van der Waals surface area contributed by atoms with E-state index in [1.807, 2.05) is 60.7 Å². The van der Waals surface area contributed by atoms with Crippen molar-refractivity contribution in [3.63, 3.8) is 0 Å². The molecule has 1 fully saturated rings. The SMILES string of the molecule is COc1ccc(COCC[C@@H]2OC(C)(C)O[C@@H]2C(OC(=O)c2ccccc2)/C(F)=C\CCO[Si](c2ccccc2)(c2ccccc2)C(C)(C)C)cc1. The van der Waals surface area contributed by atoms with Gasteiger partial charge in [-0.15, -0.1) is 0 Å². The number of carbonyl (C=O) groups excluding carboxylic acids is 1. The van der Waals surface area contributed by atoms with Gasteiger partial charge in [-0.3, -0.25) is 0 Å². The van der Waals surface area contributed by atoms with Crippen LogP contribution in [0.3, 0.4) is 0 Å². The molecule has 0 spiro atoms. The van der Waals surface area contributed by atoms with Crippen LogP contribution in [-0.4, -0.2) is 58.7 Å². The average Bonchev–Trinajstić information content (AvgIpc) is 3.46. The van der Waals surface area contributed by atoms with Crippen molar-refractivity contribution in [2.75, 3.05) is 20.3 Å². The molecule has 52 heavy (non-hydrogen) atoms. The van der Waals surface area contributed by atoms with E-state index in [0.29, 0.717) is 25.2 Å². The Morgan fingerprint density at radius 1 is 0.846 bits per heavy atom. The summed E-state index contributed by atoms with van der Waals surface area (Å²) in [7, 11) is -1.20. The first-order chi connectivity index (χ1) is 24.9. The topological polar surface area (TPSA) is 72.5 Å². The van der Waals surface area contributed by atoms with Gasteiger partial charge in [-0.05, 0) is 78.0 Å². The molecule has 1 aliphatic heterocycles. The summed E-state index contributed by atoms with van der Waals surface area (Å²) in [5, 5.41) is 2.06. The molecule has 5 rings (SSSR count). The van der Waals surface area contributed by atoms with E-state index in [2.05, 4.69) is 45.0 Å². The highest BCUT2D eigenvalue weighted by Crippen LogP contribution is 2.38. The summed E-state index contributed by atoms with van der Waals surface area (Å²) in [4.78, 5) is 13.4. The summed E-state index contributed by atoms with van der Waals surface area (Å²) in [5.74, 6) is -1.53. The van der Waals surface area contributed by atoms with Crippen molar-refractivity contribution in [3.05, 3.63) is 138 Å². The van der Waals surface area contributed by atoms with Crippen molar-refractivity contribution >= 4 is 24.7 Å².